The van der Waals surface area contributed by atoms with Crippen LogP contribution in [0.4, 0.5) is 0 Å². The lowest BCUT2D eigenvalue weighted by Gasteiger charge is -2.11. The molecule has 1 heterocycles. The second kappa shape index (κ2) is 8.27. The molecule has 5 heteroatoms. The van der Waals surface area contributed by atoms with Crippen molar-refractivity contribution in [3.63, 3.8) is 0 Å². The number of hydrogen-bond acceptors (Lipinski definition) is 3. The lowest BCUT2D eigenvalue weighted by molar-refractivity contribution is 0.0941. The smallest absolute Gasteiger partial charge is 0.261 e. The molecule has 0 fully saturated rings. The van der Waals surface area contributed by atoms with Crippen LogP contribution in [0.3, 0.4) is 0 Å². The lowest BCUT2D eigenvalue weighted by Crippen LogP contribution is -2.31. The van der Waals surface area contributed by atoms with Gasteiger partial charge in [0.25, 0.3) is 11.5 Å². The summed E-state index contributed by atoms with van der Waals surface area (Å²) in [5.74, 6) is -0.453. The van der Waals surface area contributed by atoms with Crippen LogP contribution in [0, 0.1) is 0 Å². The van der Waals surface area contributed by atoms with Crippen LogP contribution in [0.5, 0.6) is 0 Å². The minimum atomic E-state index is -0.657. The zero-order valence-corrected chi connectivity index (χ0v) is 14.2. The van der Waals surface area contributed by atoms with Gasteiger partial charge < -0.3 is 15.4 Å². The average Bonchev–Trinajstić information content (AvgIpc) is 2.69. The van der Waals surface area contributed by atoms with Crippen LogP contribution in [0.15, 0.2) is 77.6 Å². The van der Waals surface area contributed by atoms with E-state index in [1.54, 1.807) is 6.07 Å². The number of aliphatic hydroxyl groups excluding tert-OH is 1. The molecule has 132 valence electrons. The Balaban J connectivity index is 1.61. The monoisotopic (exact) mass is 348 g/mol. The molecule has 2 aromatic carbocycles. The standard InChI is InChI=1S/C21H20N2O3/c24-19(16-9-5-2-6-10-16)13-14-22-20(25)17-11-12-18(23-21(17)26)15-7-3-1-4-8-15/h1-12,19,24H,13-14H2,(H,22,25)(H,23,26). The van der Waals surface area contributed by atoms with Crippen LogP contribution in [0.25, 0.3) is 11.3 Å². The minimum Gasteiger partial charge on any atom is -0.388 e. The Morgan fingerprint density at radius 1 is 0.962 bits per heavy atom. The Labute approximate surface area is 151 Å². The number of benzene rings is 2. The van der Waals surface area contributed by atoms with E-state index in [1.807, 2.05) is 60.7 Å². The van der Waals surface area contributed by atoms with Crippen molar-refractivity contribution >= 4 is 5.91 Å². The molecule has 0 radical (unpaired) electrons. The Kier molecular flexibility index (Phi) is 5.61. The van der Waals surface area contributed by atoms with Gasteiger partial charge in [-0.3, -0.25) is 9.59 Å². The number of amides is 1. The van der Waals surface area contributed by atoms with Crippen LogP contribution in [-0.2, 0) is 0 Å². The Hall–Kier alpha value is -3.18. The number of aromatic nitrogens is 1. The highest BCUT2D eigenvalue weighted by molar-refractivity contribution is 5.94. The number of hydrogen-bond donors (Lipinski definition) is 3. The maximum absolute atomic E-state index is 12.2. The van der Waals surface area contributed by atoms with E-state index < -0.39 is 17.6 Å². The van der Waals surface area contributed by atoms with Crippen molar-refractivity contribution in [3.05, 3.63) is 94.3 Å². The third-order valence-corrected chi connectivity index (χ3v) is 4.13. The summed E-state index contributed by atoms with van der Waals surface area (Å²) in [4.78, 5) is 27.2. The molecular formula is C21H20N2O3. The van der Waals surface area contributed by atoms with Crippen molar-refractivity contribution in [3.8, 4) is 11.3 Å². The van der Waals surface area contributed by atoms with E-state index in [0.717, 1.165) is 11.1 Å². The Morgan fingerprint density at radius 3 is 2.27 bits per heavy atom. The quantitative estimate of drug-likeness (QED) is 0.641. The van der Waals surface area contributed by atoms with Gasteiger partial charge in [0.05, 0.1) is 6.10 Å². The lowest BCUT2D eigenvalue weighted by atomic mass is 10.1. The predicted molar refractivity (Wildman–Crippen MR) is 101 cm³/mol. The maximum atomic E-state index is 12.2. The summed E-state index contributed by atoms with van der Waals surface area (Å²) < 4.78 is 0. The highest BCUT2D eigenvalue weighted by atomic mass is 16.3. The number of aromatic amines is 1. The van der Waals surface area contributed by atoms with Crippen molar-refractivity contribution in [2.24, 2.45) is 0 Å². The molecular weight excluding hydrogens is 328 g/mol. The number of pyridine rings is 1. The van der Waals surface area contributed by atoms with Gasteiger partial charge in [-0.15, -0.1) is 0 Å². The molecule has 0 saturated carbocycles. The Morgan fingerprint density at radius 2 is 1.62 bits per heavy atom. The summed E-state index contributed by atoms with van der Waals surface area (Å²) in [5, 5.41) is 12.8. The number of aliphatic hydroxyl groups is 1. The largest absolute Gasteiger partial charge is 0.388 e. The van der Waals surface area contributed by atoms with Crippen LogP contribution in [-0.4, -0.2) is 22.5 Å². The zero-order valence-electron chi connectivity index (χ0n) is 14.2. The molecule has 1 amide bonds. The summed E-state index contributed by atoms with van der Waals surface area (Å²) >= 11 is 0. The minimum absolute atomic E-state index is 0.0545. The van der Waals surface area contributed by atoms with E-state index in [1.165, 1.54) is 6.07 Å². The van der Waals surface area contributed by atoms with Gasteiger partial charge in [0.1, 0.15) is 5.56 Å². The van der Waals surface area contributed by atoms with Gasteiger partial charge in [0, 0.05) is 12.2 Å². The van der Waals surface area contributed by atoms with Crippen LogP contribution in [0.2, 0.25) is 0 Å². The molecule has 3 rings (SSSR count). The normalized spacial score (nSPS) is 11.7. The van der Waals surface area contributed by atoms with E-state index >= 15 is 0 Å². The van der Waals surface area contributed by atoms with Crippen molar-refractivity contribution < 1.29 is 9.90 Å². The maximum Gasteiger partial charge on any atom is 0.261 e. The SMILES string of the molecule is O=C(NCCC(O)c1ccccc1)c1ccc(-c2ccccc2)[nH]c1=O. The van der Waals surface area contributed by atoms with Gasteiger partial charge in [-0.05, 0) is 29.7 Å². The first-order valence-electron chi connectivity index (χ1n) is 8.45. The first-order chi connectivity index (χ1) is 12.6. The van der Waals surface area contributed by atoms with Crippen molar-refractivity contribution in [2.45, 2.75) is 12.5 Å². The first kappa shape index (κ1) is 17.6. The van der Waals surface area contributed by atoms with Crippen LogP contribution >= 0.6 is 0 Å². The fourth-order valence-corrected chi connectivity index (χ4v) is 2.70. The molecule has 0 spiro atoms. The molecule has 0 bridgehead atoms. The van der Waals surface area contributed by atoms with Gasteiger partial charge in [-0.25, -0.2) is 0 Å². The van der Waals surface area contributed by atoms with E-state index in [9.17, 15) is 14.7 Å². The molecule has 3 aromatic rings. The fourth-order valence-electron chi connectivity index (χ4n) is 2.70. The topological polar surface area (TPSA) is 82.2 Å². The van der Waals surface area contributed by atoms with E-state index in [2.05, 4.69) is 10.3 Å². The number of rotatable bonds is 6. The predicted octanol–water partition coefficient (Wildman–Crippen LogP) is 2.90. The molecule has 1 unspecified atom stereocenters. The molecule has 0 saturated heterocycles. The molecule has 3 N–H and O–H groups in total. The molecule has 26 heavy (non-hydrogen) atoms. The van der Waals surface area contributed by atoms with E-state index in [-0.39, 0.29) is 12.1 Å². The van der Waals surface area contributed by atoms with Crippen molar-refractivity contribution in [1.82, 2.24) is 10.3 Å². The second-order valence-corrected chi connectivity index (χ2v) is 5.95. The molecule has 0 aliphatic rings. The summed E-state index contributed by atoms with van der Waals surface area (Å²) in [6.07, 6.45) is -0.286. The van der Waals surface area contributed by atoms with E-state index in [0.29, 0.717) is 12.1 Å². The Bertz CT molecular complexity index is 921. The molecule has 5 nitrogen and oxygen atoms in total. The number of H-pyrrole nitrogens is 1. The molecule has 0 aliphatic heterocycles. The summed E-state index contributed by atoms with van der Waals surface area (Å²) in [6, 6.07) is 21.9. The van der Waals surface area contributed by atoms with Gasteiger partial charge in [0.2, 0.25) is 0 Å². The van der Waals surface area contributed by atoms with Gasteiger partial charge in [-0.2, -0.15) is 0 Å². The average molecular weight is 348 g/mol. The van der Waals surface area contributed by atoms with Crippen molar-refractivity contribution in [2.75, 3.05) is 6.54 Å². The highest BCUT2D eigenvalue weighted by Gasteiger charge is 2.12. The highest BCUT2D eigenvalue weighted by Crippen LogP contribution is 2.16. The second-order valence-electron chi connectivity index (χ2n) is 5.95. The van der Waals surface area contributed by atoms with Crippen molar-refractivity contribution in [1.29, 1.82) is 0 Å². The molecule has 1 atom stereocenters. The van der Waals surface area contributed by atoms with Crippen LogP contribution < -0.4 is 10.9 Å². The molecule has 1 aromatic heterocycles. The zero-order chi connectivity index (χ0) is 18.4. The van der Waals surface area contributed by atoms with E-state index in [4.69, 9.17) is 0 Å². The van der Waals surface area contributed by atoms with Gasteiger partial charge in [0.15, 0.2) is 0 Å². The molecule has 0 aliphatic carbocycles. The summed E-state index contributed by atoms with van der Waals surface area (Å²) in [6.45, 7) is 0.273. The van der Waals surface area contributed by atoms with Crippen LogP contribution in [0.1, 0.15) is 28.4 Å². The number of carbonyl (C=O) groups excluding carboxylic acids is 1. The van der Waals surface area contributed by atoms with Gasteiger partial charge in [-0.1, -0.05) is 60.7 Å². The third-order valence-electron chi connectivity index (χ3n) is 4.13. The summed E-state index contributed by atoms with van der Waals surface area (Å²) in [7, 11) is 0. The summed E-state index contributed by atoms with van der Waals surface area (Å²) in [5.41, 5.74) is 1.95. The fraction of sp³-hybridized carbons (Fsp3) is 0.143. The third kappa shape index (κ3) is 4.26. The number of carbonyl (C=O) groups is 1. The van der Waals surface area contributed by atoms with Gasteiger partial charge >= 0.3 is 0 Å². The number of nitrogens with one attached hydrogen (secondary N) is 2. The first-order valence-corrected chi connectivity index (χ1v) is 8.45.